The van der Waals surface area contributed by atoms with Crippen LogP contribution in [-0.4, -0.2) is 13.1 Å². The minimum atomic E-state index is 1.06. The SMILES string of the molecule is Ic1cccc(N2CC=CC2)c1. The zero-order valence-electron chi connectivity index (χ0n) is 6.70. The van der Waals surface area contributed by atoms with Crippen molar-refractivity contribution in [1.82, 2.24) is 0 Å². The van der Waals surface area contributed by atoms with E-state index in [9.17, 15) is 0 Å². The predicted molar refractivity (Wildman–Crippen MR) is 60.5 cm³/mol. The van der Waals surface area contributed by atoms with Gasteiger partial charge in [-0.15, -0.1) is 0 Å². The Morgan fingerprint density at radius 1 is 1.17 bits per heavy atom. The molecule has 1 aromatic rings. The fourth-order valence-corrected chi connectivity index (χ4v) is 1.89. The second-order valence-electron chi connectivity index (χ2n) is 2.86. The lowest BCUT2D eigenvalue weighted by atomic mass is 10.3. The lowest BCUT2D eigenvalue weighted by molar-refractivity contribution is 1.01. The quantitative estimate of drug-likeness (QED) is 0.560. The van der Waals surface area contributed by atoms with Gasteiger partial charge in [-0.3, -0.25) is 0 Å². The van der Waals surface area contributed by atoms with Crippen molar-refractivity contribution in [3.8, 4) is 0 Å². The lowest BCUT2D eigenvalue weighted by Gasteiger charge is -2.17. The standard InChI is InChI=1S/C10H10IN/c11-9-4-3-5-10(8-9)12-6-1-2-7-12/h1-5,8H,6-7H2. The molecule has 0 atom stereocenters. The first-order valence-electron chi connectivity index (χ1n) is 4.02. The van der Waals surface area contributed by atoms with Crippen molar-refractivity contribution in [1.29, 1.82) is 0 Å². The zero-order valence-corrected chi connectivity index (χ0v) is 8.86. The van der Waals surface area contributed by atoms with E-state index in [-0.39, 0.29) is 0 Å². The van der Waals surface area contributed by atoms with Crippen molar-refractivity contribution in [3.63, 3.8) is 0 Å². The molecule has 1 aromatic carbocycles. The first-order chi connectivity index (χ1) is 5.86. The van der Waals surface area contributed by atoms with Gasteiger partial charge in [-0.1, -0.05) is 18.2 Å². The maximum atomic E-state index is 2.35. The molecule has 1 heterocycles. The summed E-state index contributed by atoms with van der Waals surface area (Å²) in [6.45, 7) is 2.11. The van der Waals surface area contributed by atoms with Crippen LogP contribution in [-0.2, 0) is 0 Å². The molecule has 12 heavy (non-hydrogen) atoms. The normalized spacial score (nSPS) is 15.6. The smallest absolute Gasteiger partial charge is 0.0382 e. The number of nitrogens with zero attached hydrogens (tertiary/aromatic N) is 1. The van der Waals surface area contributed by atoms with Gasteiger partial charge in [0.1, 0.15) is 0 Å². The summed E-state index contributed by atoms with van der Waals surface area (Å²) in [5.41, 5.74) is 1.33. The van der Waals surface area contributed by atoms with Crippen LogP contribution in [0, 0.1) is 3.57 Å². The van der Waals surface area contributed by atoms with Crippen molar-refractivity contribution >= 4 is 28.3 Å². The van der Waals surface area contributed by atoms with Crippen molar-refractivity contribution in [2.75, 3.05) is 18.0 Å². The van der Waals surface area contributed by atoms with Crippen LogP contribution >= 0.6 is 22.6 Å². The van der Waals surface area contributed by atoms with Crippen LogP contribution in [0.2, 0.25) is 0 Å². The van der Waals surface area contributed by atoms with Gasteiger partial charge in [0.05, 0.1) is 0 Å². The first kappa shape index (κ1) is 8.10. The summed E-state index contributed by atoms with van der Waals surface area (Å²) < 4.78 is 1.30. The Labute approximate surface area is 86.2 Å². The summed E-state index contributed by atoms with van der Waals surface area (Å²) >= 11 is 2.34. The van der Waals surface area contributed by atoms with Crippen LogP contribution in [0.15, 0.2) is 36.4 Å². The molecule has 0 spiro atoms. The second-order valence-corrected chi connectivity index (χ2v) is 4.10. The molecule has 0 saturated carbocycles. The van der Waals surface area contributed by atoms with Gasteiger partial charge in [0.2, 0.25) is 0 Å². The van der Waals surface area contributed by atoms with E-state index in [1.54, 1.807) is 0 Å². The number of halogens is 1. The number of benzene rings is 1. The van der Waals surface area contributed by atoms with Crippen LogP contribution in [0.5, 0.6) is 0 Å². The van der Waals surface area contributed by atoms with Crippen LogP contribution in [0.4, 0.5) is 5.69 Å². The molecule has 0 amide bonds. The largest absolute Gasteiger partial charge is 0.364 e. The fourth-order valence-electron chi connectivity index (χ4n) is 1.36. The van der Waals surface area contributed by atoms with Crippen LogP contribution in [0.1, 0.15) is 0 Å². The molecule has 1 nitrogen and oxygen atoms in total. The number of hydrogen-bond acceptors (Lipinski definition) is 1. The molecule has 0 N–H and O–H groups in total. The molecular weight excluding hydrogens is 261 g/mol. The summed E-state index contributed by atoms with van der Waals surface area (Å²) in [5, 5.41) is 0. The molecule has 1 aliphatic rings. The Kier molecular flexibility index (Phi) is 2.35. The minimum Gasteiger partial charge on any atom is -0.364 e. The molecule has 0 aromatic heterocycles. The average Bonchev–Trinajstić information content (AvgIpc) is 2.56. The Balaban J connectivity index is 2.22. The number of rotatable bonds is 1. The van der Waals surface area contributed by atoms with E-state index in [1.165, 1.54) is 9.26 Å². The Bertz CT molecular complexity index is 298. The molecule has 0 fully saturated rings. The molecule has 0 radical (unpaired) electrons. The van der Waals surface area contributed by atoms with E-state index in [0.717, 1.165) is 13.1 Å². The van der Waals surface area contributed by atoms with Crippen LogP contribution in [0.25, 0.3) is 0 Å². The third-order valence-corrected chi connectivity index (χ3v) is 2.66. The third-order valence-electron chi connectivity index (χ3n) is 1.99. The molecular formula is C10H10IN. The van der Waals surface area contributed by atoms with E-state index in [0.29, 0.717) is 0 Å². The van der Waals surface area contributed by atoms with Crippen LogP contribution < -0.4 is 4.90 Å². The predicted octanol–water partition coefficient (Wildman–Crippen LogP) is 2.67. The monoisotopic (exact) mass is 271 g/mol. The molecule has 0 unspecified atom stereocenters. The van der Waals surface area contributed by atoms with Gasteiger partial charge < -0.3 is 4.90 Å². The van der Waals surface area contributed by atoms with Crippen molar-refractivity contribution < 1.29 is 0 Å². The van der Waals surface area contributed by atoms with Gasteiger partial charge in [-0.25, -0.2) is 0 Å². The van der Waals surface area contributed by atoms with Gasteiger partial charge in [0.15, 0.2) is 0 Å². The summed E-state index contributed by atoms with van der Waals surface area (Å²) in [6.07, 6.45) is 4.42. The lowest BCUT2D eigenvalue weighted by Crippen LogP contribution is -2.18. The van der Waals surface area contributed by atoms with Gasteiger partial charge >= 0.3 is 0 Å². The second kappa shape index (κ2) is 3.47. The van der Waals surface area contributed by atoms with Gasteiger partial charge in [-0.05, 0) is 40.8 Å². The van der Waals surface area contributed by atoms with E-state index in [2.05, 4.69) is 63.9 Å². The van der Waals surface area contributed by atoms with Gasteiger partial charge in [0, 0.05) is 22.3 Å². The van der Waals surface area contributed by atoms with E-state index in [4.69, 9.17) is 0 Å². The highest BCUT2D eigenvalue weighted by Crippen LogP contribution is 2.18. The number of anilines is 1. The molecule has 0 saturated heterocycles. The van der Waals surface area contributed by atoms with Gasteiger partial charge in [-0.2, -0.15) is 0 Å². The van der Waals surface area contributed by atoms with E-state index >= 15 is 0 Å². The Morgan fingerprint density at radius 2 is 1.92 bits per heavy atom. The topological polar surface area (TPSA) is 3.24 Å². The highest BCUT2D eigenvalue weighted by molar-refractivity contribution is 14.1. The number of hydrogen-bond donors (Lipinski definition) is 0. The Hall–Kier alpha value is -0.510. The highest BCUT2D eigenvalue weighted by atomic mass is 127. The minimum absolute atomic E-state index is 1.06. The van der Waals surface area contributed by atoms with Crippen molar-refractivity contribution in [2.45, 2.75) is 0 Å². The maximum Gasteiger partial charge on any atom is 0.0382 e. The molecule has 0 bridgehead atoms. The fraction of sp³-hybridized carbons (Fsp3) is 0.200. The maximum absolute atomic E-state index is 2.35. The van der Waals surface area contributed by atoms with Crippen molar-refractivity contribution in [2.24, 2.45) is 0 Å². The third kappa shape index (κ3) is 1.63. The molecule has 1 aliphatic heterocycles. The summed E-state index contributed by atoms with van der Waals surface area (Å²) in [4.78, 5) is 2.35. The molecule has 2 rings (SSSR count). The average molecular weight is 271 g/mol. The first-order valence-corrected chi connectivity index (χ1v) is 5.09. The van der Waals surface area contributed by atoms with Crippen molar-refractivity contribution in [3.05, 3.63) is 40.0 Å². The molecule has 2 heteroatoms. The van der Waals surface area contributed by atoms with E-state index < -0.39 is 0 Å². The van der Waals surface area contributed by atoms with Gasteiger partial charge in [0.25, 0.3) is 0 Å². The zero-order chi connectivity index (χ0) is 8.39. The van der Waals surface area contributed by atoms with E-state index in [1.807, 2.05) is 0 Å². The Morgan fingerprint density at radius 3 is 2.58 bits per heavy atom. The molecule has 0 aliphatic carbocycles. The summed E-state index contributed by atoms with van der Waals surface area (Å²) in [5.74, 6) is 0. The van der Waals surface area contributed by atoms with Crippen LogP contribution in [0.3, 0.4) is 0 Å². The summed E-state index contributed by atoms with van der Waals surface area (Å²) in [6, 6.07) is 8.60. The summed E-state index contributed by atoms with van der Waals surface area (Å²) in [7, 11) is 0. The highest BCUT2D eigenvalue weighted by Gasteiger charge is 2.06. The molecule has 62 valence electrons.